The highest BCUT2D eigenvalue weighted by atomic mass is 32.2. The molecule has 0 aliphatic carbocycles. The molecule has 5 nitrogen and oxygen atoms in total. The highest BCUT2D eigenvalue weighted by Crippen LogP contribution is 2.12. The number of carbonyl (C=O) groups is 1. The Kier molecular flexibility index (Phi) is 8.16. The van der Waals surface area contributed by atoms with Gasteiger partial charge in [0.1, 0.15) is 0 Å². The Labute approximate surface area is 103 Å². The lowest BCUT2D eigenvalue weighted by Crippen LogP contribution is -2.32. The zero-order valence-corrected chi connectivity index (χ0v) is 11.3. The van der Waals surface area contributed by atoms with Crippen molar-refractivity contribution >= 4 is 15.8 Å². The second kappa shape index (κ2) is 8.47. The molecular weight excluding hydrogens is 244 g/mol. The van der Waals surface area contributed by atoms with E-state index in [4.69, 9.17) is 5.26 Å². The normalized spacial score (nSPS) is 13.4. The van der Waals surface area contributed by atoms with E-state index in [1.54, 1.807) is 6.92 Å². The van der Waals surface area contributed by atoms with Crippen LogP contribution in [0.1, 0.15) is 52.4 Å². The van der Waals surface area contributed by atoms with Crippen molar-refractivity contribution in [2.24, 2.45) is 0 Å². The summed E-state index contributed by atoms with van der Waals surface area (Å²) in [6.07, 6.45) is 4.72. The average molecular weight is 266 g/mol. The summed E-state index contributed by atoms with van der Waals surface area (Å²) in [5, 5.41) is 6.99. The molecule has 0 saturated heterocycles. The van der Waals surface area contributed by atoms with Crippen molar-refractivity contribution < 1.29 is 23.4 Å². The van der Waals surface area contributed by atoms with Gasteiger partial charge in [0.05, 0.1) is 5.75 Å². The van der Waals surface area contributed by atoms with Gasteiger partial charge in [-0.3, -0.25) is 4.89 Å². The lowest BCUT2D eigenvalue weighted by molar-refractivity contribution is -0.233. The molecule has 1 N–H and O–H groups in total. The molecule has 0 heterocycles. The van der Waals surface area contributed by atoms with Crippen LogP contribution in [-0.4, -0.2) is 30.6 Å². The van der Waals surface area contributed by atoms with Crippen LogP contribution in [0.15, 0.2) is 0 Å². The summed E-state index contributed by atoms with van der Waals surface area (Å²) in [4.78, 5) is 14.6. The van der Waals surface area contributed by atoms with Gasteiger partial charge in [-0.2, -0.15) is 5.26 Å². The molecule has 17 heavy (non-hydrogen) atoms. The van der Waals surface area contributed by atoms with E-state index >= 15 is 0 Å². The van der Waals surface area contributed by atoms with Gasteiger partial charge in [-0.05, 0) is 12.8 Å². The van der Waals surface area contributed by atoms with Crippen LogP contribution in [0.25, 0.3) is 0 Å². The first kappa shape index (κ1) is 16.4. The molecule has 0 aromatic carbocycles. The van der Waals surface area contributed by atoms with Gasteiger partial charge in [-0.25, -0.2) is 13.2 Å². The Balaban J connectivity index is 4.21. The van der Waals surface area contributed by atoms with Gasteiger partial charge in [0.25, 0.3) is 0 Å². The summed E-state index contributed by atoms with van der Waals surface area (Å²) in [7, 11) is -3.51. The molecule has 6 heteroatoms. The molecule has 0 radical (unpaired) electrons. The second-order valence-corrected chi connectivity index (χ2v) is 6.39. The minimum absolute atomic E-state index is 0.0235. The Hall–Kier alpha value is -0.620. The molecule has 102 valence electrons. The van der Waals surface area contributed by atoms with Crippen molar-refractivity contribution in [3.05, 3.63) is 0 Å². The maximum absolute atomic E-state index is 11.8. The number of sulfone groups is 1. The summed E-state index contributed by atoms with van der Waals surface area (Å²) < 4.78 is 23.6. The molecule has 0 aliphatic rings. The monoisotopic (exact) mass is 266 g/mol. The number of hydrogen-bond acceptors (Lipinski definition) is 5. The van der Waals surface area contributed by atoms with Gasteiger partial charge in [0.15, 0.2) is 15.1 Å². The lowest BCUT2D eigenvalue weighted by atomic mass is 10.2. The first-order chi connectivity index (χ1) is 7.99. The van der Waals surface area contributed by atoms with Crippen LogP contribution in [-0.2, 0) is 19.5 Å². The van der Waals surface area contributed by atoms with Crippen molar-refractivity contribution in [3.63, 3.8) is 0 Å². The number of hydrogen-bond donors (Lipinski definition) is 1. The molecule has 1 unspecified atom stereocenters. The fraction of sp³-hybridized carbons (Fsp3) is 0.909. The summed E-state index contributed by atoms with van der Waals surface area (Å²) >= 11 is 0. The molecule has 0 aliphatic heterocycles. The van der Waals surface area contributed by atoms with Gasteiger partial charge in [-0.1, -0.05) is 39.5 Å². The van der Waals surface area contributed by atoms with Gasteiger partial charge in [-0.15, -0.1) is 0 Å². The van der Waals surface area contributed by atoms with E-state index in [2.05, 4.69) is 11.8 Å². The van der Waals surface area contributed by atoms with Crippen LogP contribution in [0.4, 0.5) is 0 Å². The minimum Gasteiger partial charge on any atom is -0.300 e. The molecular formula is C11H22O5S. The lowest BCUT2D eigenvalue weighted by Gasteiger charge is -2.12. The van der Waals surface area contributed by atoms with Crippen LogP contribution in [0.2, 0.25) is 0 Å². The van der Waals surface area contributed by atoms with Crippen LogP contribution < -0.4 is 0 Å². The number of rotatable bonds is 9. The summed E-state index contributed by atoms with van der Waals surface area (Å²) in [5.74, 6) is -1.11. The summed E-state index contributed by atoms with van der Waals surface area (Å²) in [6.45, 7) is 3.66. The molecule has 1 atom stereocenters. The van der Waals surface area contributed by atoms with Crippen molar-refractivity contribution in [1.29, 1.82) is 0 Å². The molecule has 0 saturated carbocycles. The molecule has 0 aromatic rings. The van der Waals surface area contributed by atoms with E-state index in [1.165, 1.54) is 0 Å². The van der Waals surface area contributed by atoms with Crippen LogP contribution >= 0.6 is 0 Å². The first-order valence-corrected chi connectivity index (χ1v) is 7.78. The molecule has 0 spiro atoms. The average Bonchev–Trinajstić information content (AvgIpc) is 2.29. The maximum Gasteiger partial charge on any atom is 0.360 e. The van der Waals surface area contributed by atoms with Crippen LogP contribution in [0.5, 0.6) is 0 Å². The maximum atomic E-state index is 11.8. The Morgan fingerprint density at radius 2 is 1.76 bits per heavy atom. The molecule has 0 amide bonds. The van der Waals surface area contributed by atoms with E-state index in [9.17, 15) is 13.2 Å². The number of carbonyl (C=O) groups excluding carboxylic acids is 1. The Bertz CT molecular complexity index is 310. The first-order valence-electron chi connectivity index (χ1n) is 6.06. The SMILES string of the molecule is CCCCCCCS(=O)(=O)C(CC)C(=O)OO. The van der Waals surface area contributed by atoms with Gasteiger partial charge in [0.2, 0.25) is 0 Å². The van der Waals surface area contributed by atoms with Crippen molar-refractivity contribution in [2.45, 2.75) is 57.6 Å². The highest BCUT2D eigenvalue weighted by molar-refractivity contribution is 7.92. The van der Waals surface area contributed by atoms with E-state index in [0.717, 1.165) is 25.7 Å². The standard InChI is InChI=1S/C11H22O5S/c1-3-5-6-7-8-9-17(14,15)10(4-2)11(12)16-13/h10,13H,3-9H2,1-2H3. The van der Waals surface area contributed by atoms with Crippen molar-refractivity contribution in [1.82, 2.24) is 0 Å². The predicted octanol–water partition coefficient (Wildman–Crippen LogP) is 2.17. The molecule has 0 fully saturated rings. The summed E-state index contributed by atoms with van der Waals surface area (Å²) in [5.41, 5.74) is 0. The minimum atomic E-state index is -3.51. The van der Waals surface area contributed by atoms with Crippen LogP contribution in [0, 0.1) is 0 Å². The quantitative estimate of drug-likeness (QED) is 0.393. The fourth-order valence-electron chi connectivity index (χ4n) is 1.68. The molecule has 0 aromatic heterocycles. The van der Waals surface area contributed by atoms with Gasteiger partial charge >= 0.3 is 5.97 Å². The van der Waals surface area contributed by atoms with Gasteiger partial charge < -0.3 is 0 Å². The zero-order valence-electron chi connectivity index (χ0n) is 10.5. The third kappa shape index (κ3) is 6.02. The largest absolute Gasteiger partial charge is 0.360 e. The zero-order chi connectivity index (χ0) is 13.3. The van der Waals surface area contributed by atoms with Crippen LogP contribution in [0.3, 0.4) is 0 Å². The Morgan fingerprint density at radius 3 is 2.24 bits per heavy atom. The second-order valence-electron chi connectivity index (χ2n) is 4.09. The highest BCUT2D eigenvalue weighted by Gasteiger charge is 2.32. The van der Waals surface area contributed by atoms with Gasteiger partial charge in [0, 0.05) is 0 Å². The van der Waals surface area contributed by atoms with E-state index < -0.39 is 21.1 Å². The third-order valence-corrected chi connectivity index (χ3v) is 4.94. The smallest absolute Gasteiger partial charge is 0.300 e. The van der Waals surface area contributed by atoms with Crippen molar-refractivity contribution in [3.8, 4) is 0 Å². The van der Waals surface area contributed by atoms with Crippen molar-refractivity contribution in [2.75, 3.05) is 5.75 Å². The van der Waals surface area contributed by atoms with E-state index in [-0.39, 0.29) is 12.2 Å². The molecule has 0 bridgehead atoms. The Morgan fingerprint density at radius 1 is 1.18 bits per heavy atom. The topological polar surface area (TPSA) is 80.7 Å². The fourth-order valence-corrected chi connectivity index (χ4v) is 3.41. The summed E-state index contributed by atoms with van der Waals surface area (Å²) in [6, 6.07) is 0. The molecule has 0 rings (SSSR count). The van der Waals surface area contributed by atoms with E-state index in [0.29, 0.717) is 6.42 Å². The number of unbranched alkanes of at least 4 members (excludes halogenated alkanes) is 4. The van der Waals surface area contributed by atoms with E-state index in [1.807, 2.05) is 0 Å². The predicted molar refractivity (Wildman–Crippen MR) is 65.3 cm³/mol. The third-order valence-electron chi connectivity index (χ3n) is 2.69.